The van der Waals surface area contributed by atoms with E-state index in [4.69, 9.17) is 5.73 Å². The maximum absolute atomic E-state index is 5.48. The van der Waals surface area contributed by atoms with Crippen LogP contribution in [0, 0.1) is 0 Å². The Morgan fingerprint density at radius 1 is 1.45 bits per heavy atom. The van der Waals surface area contributed by atoms with Crippen LogP contribution in [-0.2, 0) is 6.54 Å². The van der Waals surface area contributed by atoms with Crippen LogP contribution in [0.25, 0.3) is 5.52 Å². The fraction of sp³-hybridized carbons (Fsp3) is 0.143. The van der Waals surface area contributed by atoms with Gasteiger partial charge >= 0.3 is 0 Å². The van der Waals surface area contributed by atoms with E-state index in [0.29, 0.717) is 6.54 Å². The zero-order chi connectivity index (χ0) is 7.68. The van der Waals surface area contributed by atoms with Gasteiger partial charge in [0.2, 0.25) is 0 Å². The maximum atomic E-state index is 5.48. The molecule has 0 radical (unpaired) electrons. The van der Waals surface area contributed by atoms with Crippen molar-refractivity contribution in [1.82, 2.24) is 14.8 Å². The van der Waals surface area contributed by atoms with E-state index in [-0.39, 0.29) is 0 Å². The van der Waals surface area contributed by atoms with Crippen LogP contribution in [0.1, 0.15) is 5.56 Å². The molecule has 0 amide bonds. The number of fused-ring (bicyclic) bond motifs is 1. The molecule has 2 aromatic heterocycles. The lowest BCUT2D eigenvalue weighted by Crippen LogP contribution is -1.96. The highest BCUT2D eigenvalue weighted by Crippen LogP contribution is 2.06. The molecule has 0 aliphatic rings. The average Bonchev–Trinajstić information content (AvgIpc) is 2.47. The Balaban J connectivity index is 2.76. The molecule has 0 aliphatic carbocycles. The lowest BCUT2D eigenvalue weighted by atomic mass is 10.3. The van der Waals surface area contributed by atoms with Gasteiger partial charge in [0.1, 0.15) is 0 Å². The fourth-order valence-electron chi connectivity index (χ4n) is 1.04. The summed E-state index contributed by atoms with van der Waals surface area (Å²) in [7, 11) is 0. The van der Waals surface area contributed by atoms with Gasteiger partial charge in [-0.3, -0.25) is 0 Å². The molecule has 11 heavy (non-hydrogen) atoms. The molecule has 2 aromatic rings. The number of hydrogen-bond donors (Lipinski definition) is 1. The summed E-state index contributed by atoms with van der Waals surface area (Å²) >= 11 is 0. The molecule has 0 fully saturated rings. The number of rotatable bonds is 1. The van der Waals surface area contributed by atoms with E-state index in [2.05, 4.69) is 10.2 Å². The molecular formula is C7H8N4. The Labute approximate surface area is 63.6 Å². The van der Waals surface area contributed by atoms with Crippen LogP contribution in [0.5, 0.6) is 0 Å². The minimum Gasteiger partial charge on any atom is -0.326 e. The summed E-state index contributed by atoms with van der Waals surface area (Å²) in [5.41, 5.74) is 7.49. The first kappa shape index (κ1) is 6.30. The normalized spacial score (nSPS) is 10.6. The highest BCUT2D eigenvalue weighted by atomic mass is 15.4. The zero-order valence-electron chi connectivity index (χ0n) is 5.94. The molecule has 0 aromatic carbocycles. The SMILES string of the molecule is NCc1cnn2ncccc12. The standard InChI is InChI=1S/C7H8N4/c8-4-6-5-10-11-7(6)2-1-3-9-11/h1-3,5H,4,8H2. The summed E-state index contributed by atoms with van der Waals surface area (Å²) in [4.78, 5) is 0. The average molecular weight is 148 g/mol. The summed E-state index contributed by atoms with van der Waals surface area (Å²) in [6.07, 6.45) is 3.43. The van der Waals surface area contributed by atoms with Crippen molar-refractivity contribution < 1.29 is 0 Å². The Kier molecular flexibility index (Phi) is 1.33. The van der Waals surface area contributed by atoms with E-state index in [9.17, 15) is 0 Å². The Bertz CT molecular complexity index is 365. The molecule has 56 valence electrons. The highest BCUT2D eigenvalue weighted by molar-refractivity contribution is 5.51. The third kappa shape index (κ3) is 0.877. The second-order valence-corrected chi connectivity index (χ2v) is 2.27. The van der Waals surface area contributed by atoms with Gasteiger partial charge in [-0.15, -0.1) is 0 Å². The molecule has 0 spiro atoms. The van der Waals surface area contributed by atoms with Crippen molar-refractivity contribution in [2.75, 3.05) is 0 Å². The molecule has 0 saturated heterocycles. The van der Waals surface area contributed by atoms with Crippen LogP contribution < -0.4 is 5.73 Å². The Morgan fingerprint density at radius 3 is 3.18 bits per heavy atom. The van der Waals surface area contributed by atoms with E-state index in [0.717, 1.165) is 11.1 Å². The third-order valence-corrected chi connectivity index (χ3v) is 1.60. The summed E-state index contributed by atoms with van der Waals surface area (Å²) in [5.74, 6) is 0. The molecule has 0 aliphatic heterocycles. The van der Waals surface area contributed by atoms with Gasteiger partial charge in [0.15, 0.2) is 0 Å². The first-order valence-electron chi connectivity index (χ1n) is 3.40. The van der Waals surface area contributed by atoms with Crippen molar-refractivity contribution in [3.05, 3.63) is 30.1 Å². The monoisotopic (exact) mass is 148 g/mol. The predicted molar refractivity (Wildman–Crippen MR) is 40.9 cm³/mol. The predicted octanol–water partition coefficient (Wildman–Crippen LogP) is 0.188. The second kappa shape index (κ2) is 2.32. The van der Waals surface area contributed by atoms with Crippen LogP contribution in [-0.4, -0.2) is 14.8 Å². The molecule has 0 saturated carbocycles. The Hall–Kier alpha value is -1.42. The van der Waals surface area contributed by atoms with Crippen LogP contribution in [0.2, 0.25) is 0 Å². The molecule has 4 heteroatoms. The topological polar surface area (TPSA) is 56.2 Å². The largest absolute Gasteiger partial charge is 0.326 e. The summed E-state index contributed by atoms with van der Waals surface area (Å²) < 4.78 is 1.57. The minimum absolute atomic E-state index is 0.509. The molecule has 2 N–H and O–H groups in total. The van der Waals surface area contributed by atoms with Gasteiger partial charge in [0.05, 0.1) is 11.7 Å². The van der Waals surface area contributed by atoms with E-state index < -0.39 is 0 Å². The van der Waals surface area contributed by atoms with Crippen molar-refractivity contribution in [3.8, 4) is 0 Å². The van der Waals surface area contributed by atoms with Crippen LogP contribution in [0.3, 0.4) is 0 Å². The van der Waals surface area contributed by atoms with Crippen molar-refractivity contribution in [3.63, 3.8) is 0 Å². The third-order valence-electron chi connectivity index (χ3n) is 1.60. The minimum atomic E-state index is 0.509. The number of aromatic nitrogens is 3. The van der Waals surface area contributed by atoms with Gasteiger partial charge in [0.25, 0.3) is 0 Å². The molecule has 2 heterocycles. The van der Waals surface area contributed by atoms with Gasteiger partial charge in [-0.2, -0.15) is 14.8 Å². The smallest absolute Gasteiger partial charge is 0.0918 e. The van der Waals surface area contributed by atoms with Gasteiger partial charge < -0.3 is 5.73 Å². The van der Waals surface area contributed by atoms with Crippen molar-refractivity contribution >= 4 is 5.52 Å². The lowest BCUT2D eigenvalue weighted by molar-refractivity contribution is 0.800. The maximum Gasteiger partial charge on any atom is 0.0918 e. The van der Waals surface area contributed by atoms with Crippen LogP contribution >= 0.6 is 0 Å². The molecule has 0 atom stereocenters. The highest BCUT2D eigenvalue weighted by Gasteiger charge is 1.99. The number of nitrogens with two attached hydrogens (primary N) is 1. The lowest BCUT2D eigenvalue weighted by Gasteiger charge is -1.90. The van der Waals surface area contributed by atoms with E-state index in [1.54, 1.807) is 17.0 Å². The quantitative estimate of drug-likeness (QED) is 0.628. The van der Waals surface area contributed by atoms with Gasteiger partial charge in [0, 0.05) is 18.3 Å². The molecular weight excluding hydrogens is 140 g/mol. The van der Waals surface area contributed by atoms with Gasteiger partial charge in [-0.05, 0) is 12.1 Å². The van der Waals surface area contributed by atoms with Gasteiger partial charge in [-0.25, -0.2) is 0 Å². The summed E-state index contributed by atoms with van der Waals surface area (Å²) in [5, 5.41) is 8.01. The Morgan fingerprint density at radius 2 is 2.36 bits per heavy atom. The molecule has 2 rings (SSSR count). The second-order valence-electron chi connectivity index (χ2n) is 2.27. The molecule has 0 unspecified atom stereocenters. The van der Waals surface area contributed by atoms with Crippen molar-refractivity contribution in [2.45, 2.75) is 6.54 Å². The van der Waals surface area contributed by atoms with E-state index in [1.807, 2.05) is 12.1 Å². The van der Waals surface area contributed by atoms with Crippen LogP contribution in [0.4, 0.5) is 0 Å². The summed E-state index contributed by atoms with van der Waals surface area (Å²) in [6, 6.07) is 3.82. The van der Waals surface area contributed by atoms with Crippen molar-refractivity contribution in [2.24, 2.45) is 5.73 Å². The molecule has 0 bridgehead atoms. The van der Waals surface area contributed by atoms with E-state index in [1.165, 1.54) is 0 Å². The molecule has 4 nitrogen and oxygen atoms in total. The van der Waals surface area contributed by atoms with Crippen LogP contribution in [0.15, 0.2) is 24.5 Å². The zero-order valence-corrected chi connectivity index (χ0v) is 5.94. The van der Waals surface area contributed by atoms with E-state index >= 15 is 0 Å². The fourth-order valence-corrected chi connectivity index (χ4v) is 1.04. The van der Waals surface area contributed by atoms with Gasteiger partial charge in [-0.1, -0.05) is 0 Å². The number of nitrogens with zero attached hydrogens (tertiary/aromatic N) is 3. The van der Waals surface area contributed by atoms with Crippen molar-refractivity contribution in [1.29, 1.82) is 0 Å². The first-order valence-corrected chi connectivity index (χ1v) is 3.40. The first-order chi connectivity index (χ1) is 5.42. The number of hydrogen-bond acceptors (Lipinski definition) is 3. The summed E-state index contributed by atoms with van der Waals surface area (Å²) in [6.45, 7) is 0.509.